The Morgan fingerprint density at radius 3 is 2.08 bits per heavy atom. The van der Waals surface area contributed by atoms with E-state index in [0.29, 0.717) is 0 Å². The molecular formula is C16H24N2O4S2. The standard InChI is InChI=1S/C12H15NO3S.C4H9NOS/c1-17(15,11-7-8-11)13-12(14)16-9-10-5-3-2-4-6-10;1-7(5,6)4-2-3-4/h2-6,11H,7-9H2,1H3;4-5H,2-3H2,1H3. The summed E-state index contributed by atoms with van der Waals surface area (Å²) in [6, 6.07) is 9.34. The van der Waals surface area contributed by atoms with E-state index in [1.165, 1.54) is 12.5 Å². The number of ether oxygens (including phenoxy) is 1. The third-order valence-corrected chi connectivity index (χ3v) is 7.73. The monoisotopic (exact) mass is 372 g/mol. The average molecular weight is 373 g/mol. The Balaban J connectivity index is 0.000000249. The average Bonchev–Trinajstić information content (AvgIpc) is 3.38. The lowest BCUT2D eigenvalue weighted by molar-refractivity contribution is 0.151. The predicted octanol–water partition coefficient (Wildman–Crippen LogP) is 3.41. The van der Waals surface area contributed by atoms with Crippen molar-refractivity contribution in [2.45, 2.75) is 42.8 Å². The first kappa shape index (κ1) is 18.9. The Bertz CT molecular complexity index is 789. The van der Waals surface area contributed by atoms with Crippen LogP contribution in [-0.4, -0.2) is 37.5 Å². The second kappa shape index (κ2) is 7.65. The summed E-state index contributed by atoms with van der Waals surface area (Å²) < 4.78 is 38.1. The predicted molar refractivity (Wildman–Crippen MR) is 96.0 cm³/mol. The molecule has 2 unspecified atom stereocenters. The zero-order valence-corrected chi connectivity index (χ0v) is 15.6. The van der Waals surface area contributed by atoms with E-state index < -0.39 is 25.6 Å². The van der Waals surface area contributed by atoms with Crippen molar-refractivity contribution in [3.8, 4) is 0 Å². The maximum atomic E-state index is 11.9. The van der Waals surface area contributed by atoms with Gasteiger partial charge < -0.3 is 4.74 Å². The molecule has 134 valence electrons. The van der Waals surface area contributed by atoms with E-state index in [0.717, 1.165) is 31.2 Å². The van der Waals surface area contributed by atoms with Crippen LogP contribution in [0.4, 0.5) is 4.79 Å². The number of hydrogen-bond donors (Lipinski definition) is 1. The lowest BCUT2D eigenvalue weighted by Crippen LogP contribution is -2.08. The van der Waals surface area contributed by atoms with E-state index in [1.54, 1.807) is 0 Å². The lowest BCUT2D eigenvalue weighted by atomic mass is 10.2. The fourth-order valence-electron chi connectivity index (χ4n) is 1.99. The van der Waals surface area contributed by atoms with Gasteiger partial charge in [-0.2, -0.15) is 0 Å². The molecule has 8 heteroatoms. The molecule has 0 saturated heterocycles. The molecular weight excluding hydrogens is 348 g/mol. The minimum absolute atomic E-state index is 0.0757. The number of nitrogens with zero attached hydrogens (tertiary/aromatic N) is 1. The number of hydrogen-bond acceptors (Lipinski definition) is 5. The van der Waals surface area contributed by atoms with E-state index in [4.69, 9.17) is 9.52 Å². The molecule has 2 aliphatic carbocycles. The molecule has 0 radical (unpaired) electrons. The first-order chi connectivity index (χ1) is 11.2. The van der Waals surface area contributed by atoms with Crippen molar-refractivity contribution in [3.63, 3.8) is 0 Å². The van der Waals surface area contributed by atoms with Gasteiger partial charge in [0.2, 0.25) is 0 Å². The summed E-state index contributed by atoms with van der Waals surface area (Å²) >= 11 is 0. The van der Waals surface area contributed by atoms with Gasteiger partial charge in [0.1, 0.15) is 6.61 Å². The minimum atomic E-state index is -2.39. The van der Waals surface area contributed by atoms with E-state index in [-0.39, 0.29) is 17.1 Å². The molecule has 0 spiro atoms. The Hall–Kier alpha value is -1.41. The Morgan fingerprint density at radius 1 is 1.12 bits per heavy atom. The van der Waals surface area contributed by atoms with Crippen LogP contribution in [-0.2, 0) is 30.8 Å². The smallest absolute Gasteiger partial charge is 0.442 e. The van der Waals surface area contributed by atoms with Crippen molar-refractivity contribution >= 4 is 25.6 Å². The molecule has 0 aliphatic heterocycles. The number of benzene rings is 1. The normalized spacial score (nSPS) is 21.4. The van der Waals surface area contributed by atoms with Crippen LogP contribution in [0.3, 0.4) is 0 Å². The van der Waals surface area contributed by atoms with Crippen molar-refractivity contribution in [1.82, 2.24) is 0 Å². The van der Waals surface area contributed by atoms with Gasteiger partial charge in [0.05, 0.1) is 9.73 Å². The number of carbonyl (C=O) groups is 1. The van der Waals surface area contributed by atoms with Crippen molar-refractivity contribution < 1.29 is 17.9 Å². The molecule has 0 heterocycles. The molecule has 1 amide bonds. The first-order valence-corrected chi connectivity index (χ1v) is 11.8. The third-order valence-electron chi connectivity index (χ3n) is 3.76. The first-order valence-electron chi connectivity index (χ1n) is 7.83. The fraction of sp³-hybridized carbons (Fsp3) is 0.562. The fourth-order valence-corrected chi connectivity index (χ4v) is 4.54. The maximum absolute atomic E-state index is 11.9. The van der Waals surface area contributed by atoms with Gasteiger partial charge >= 0.3 is 6.09 Å². The maximum Gasteiger partial charge on any atom is 0.442 e. The molecule has 0 aromatic heterocycles. The van der Waals surface area contributed by atoms with Gasteiger partial charge in [-0.3, -0.25) is 4.78 Å². The molecule has 1 aromatic rings. The summed E-state index contributed by atoms with van der Waals surface area (Å²) in [6.45, 7) is 0.170. The van der Waals surface area contributed by atoms with Crippen LogP contribution < -0.4 is 0 Å². The van der Waals surface area contributed by atoms with E-state index in [2.05, 4.69) is 4.36 Å². The quantitative estimate of drug-likeness (QED) is 0.876. The topological polar surface area (TPSA) is 96.6 Å². The number of amides is 1. The zero-order chi connectivity index (χ0) is 17.8. The van der Waals surface area contributed by atoms with Gasteiger partial charge in [-0.1, -0.05) is 30.3 Å². The van der Waals surface area contributed by atoms with Gasteiger partial charge in [-0.25, -0.2) is 13.2 Å². The van der Waals surface area contributed by atoms with Gasteiger partial charge in [0, 0.05) is 32.7 Å². The summed E-state index contributed by atoms with van der Waals surface area (Å²) in [5, 5.41) is 0.319. The highest BCUT2D eigenvalue weighted by Gasteiger charge is 2.31. The van der Waals surface area contributed by atoms with E-state index >= 15 is 0 Å². The lowest BCUT2D eigenvalue weighted by Gasteiger charge is -2.03. The van der Waals surface area contributed by atoms with E-state index in [1.807, 2.05) is 30.3 Å². The Labute approximate surface area is 144 Å². The zero-order valence-electron chi connectivity index (χ0n) is 14.0. The Kier molecular flexibility index (Phi) is 6.03. The molecule has 1 aromatic carbocycles. The molecule has 0 bridgehead atoms. The van der Waals surface area contributed by atoms with Crippen LogP contribution >= 0.6 is 0 Å². The van der Waals surface area contributed by atoms with Gasteiger partial charge in [0.25, 0.3) is 0 Å². The molecule has 2 saturated carbocycles. The summed E-state index contributed by atoms with van der Waals surface area (Å²) in [5.41, 5.74) is 0.894. The van der Waals surface area contributed by atoms with Gasteiger partial charge in [0.15, 0.2) is 0 Å². The molecule has 2 aliphatic rings. The minimum Gasteiger partial charge on any atom is -0.443 e. The molecule has 1 N–H and O–H groups in total. The van der Waals surface area contributed by atoms with Crippen LogP contribution in [0.15, 0.2) is 34.7 Å². The SMILES string of the molecule is CS(=N)(=O)C1CC1.CS(=O)(=NC(=O)OCc1ccccc1)C1CC1. The number of carbonyl (C=O) groups excluding carboxylic acids is 1. The van der Waals surface area contributed by atoms with Gasteiger partial charge in [-0.15, -0.1) is 4.36 Å². The molecule has 2 atom stereocenters. The molecule has 2 fully saturated rings. The summed E-state index contributed by atoms with van der Waals surface area (Å²) in [4.78, 5) is 11.4. The number of nitrogens with one attached hydrogen (secondary N) is 1. The van der Waals surface area contributed by atoms with Crippen LogP contribution in [0.25, 0.3) is 0 Å². The van der Waals surface area contributed by atoms with Crippen molar-refractivity contribution in [2.24, 2.45) is 4.36 Å². The summed E-state index contributed by atoms with van der Waals surface area (Å²) in [6.07, 6.45) is 6.13. The number of rotatable bonds is 4. The van der Waals surface area contributed by atoms with Crippen LogP contribution in [0, 0.1) is 4.78 Å². The van der Waals surface area contributed by atoms with Crippen LogP contribution in [0.1, 0.15) is 31.2 Å². The van der Waals surface area contributed by atoms with Crippen molar-refractivity contribution in [2.75, 3.05) is 12.5 Å². The highest BCUT2D eigenvalue weighted by atomic mass is 32.2. The third kappa shape index (κ3) is 6.60. The molecule has 24 heavy (non-hydrogen) atoms. The highest BCUT2D eigenvalue weighted by Crippen LogP contribution is 2.29. The van der Waals surface area contributed by atoms with Crippen molar-refractivity contribution in [3.05, 3.63) is 35.9 Å². The summed E-state index contributed by atoms with van der Waals surface area (Å²) in [7, 11) is -4.52. The van der Waals surface area contributed by atoms with Crippen LogP contribution in [0.5, 0.6) is 0 Å². The van der Waals surface area contributed by atoms with Gasteiger partial charge in [-0.05, 0) is 31.2 Å². The summed E-state index contributed by atoms with van der Waals surface area (Å²) in [5.74, 6) is 0. The Morgan fingerprint density at radius 2 is 1.67 bits per heavy atom. The second-order valence-corrected chi connectivity index (χ2v) is 11.3. The second-order valence-electron chi connectivity index (χ2n) is 6.30. The largest absolute Gasteiger partial charge is 0.443 e. The molecule has 6 nitrogen and oxygen atoms in total. The highest BCUT2D eigenvalue weighted by molar-refractivity contribution is 7.94. The van der Waals surface area contributed by atoms with Crippen molar-refractivity contribution in [1.29, 1.82) is 4.78 Å². The van der Waals surface area contributed by atoms with E-state index in [9.17, 15) is 13.2 Å². The van der Waals surface area contributed by atoms with Crippen LogP contribution in [0.2, 0.25) is 0 Å². The molecule has 3 rings (SSSR count).